The Morgan fingerprint density at radius 3 is 2.43 bits per heavy atom. The summed E-state index contributed by atoms with van der Waals surface area (Å²) in [5.74, 6) is -0.588. The Morgan fingerprint density at radius 2 is 1.95 bits per heavy atom. The van der Waals surface area contributed by atoms with Crippen LogP contribution in [0.25, 0.3) is 0 Å². The quantitative estimate of drug-likeness (QED) is 0.608. The number of hydrogen-bond acceptors (Lipinski definition) is 5. The molecule has 0 aromatic heterocycles. The van der Waals surface area contributed by atoms with E-state index in [4.69, 9.17) is 16.2 Å². The number of benzene rings is 1. The highest BCUT2D eigenvalue weighted by Crippen LogP contribution is 2.26. The third-order valence-electron chi connectivity index (χ3n) is 3.07. The van der Waals surface area contributed by atoms with Gasteiger partial charge < -0.3 is 21.1 Å². The van der Waals surface area contributed by atoms with E-state index >= 15 is 0 Å². The Labute approximate surface area is 125 Å². The molecule has 0 heterocycles. The Bertz CT molecular complexity index is 541. The monoisotopic (exact) mass is 293 g/mol. The van der Waals surface area contributed by atoms with Crippen molar-refractivity contribution in [3.05, 3.63) is 23.3 Å². The molecule has 21 heavy (non-hydrogen) atoms. The first-order chi connectivity index (χ1) is 9.76. The number of ether oxygens (including phenoxy) is 1. The fourth-order valence-electron chi connectivity index (χ4n) is 2.13. The molecule has 0 saturated carbocycles. The molecule has 0 saturated heterocycles. The van der Waals surface area contributed by atoms with Gasteiger partial charge in [0, 0.05) is 17.9 Å². The Morgan fingerprint density at radius 1 is 1.33 bits per heavy atom. The summed E-state index contributed by atoms with van der Waals surface area (Å²) < 4.78 is 4.74. The van der Waals surface area contributed by atoms with Crippen molar-refractivity contribution < 1.29 is 14.3 Å². The molecule has 1 aromatic carbocycles. The molecule has 4 N–H and O–H groups in total. The minimum Gasteiger partial charge on any atom is -0.465 e. The van der Waals surface area contributed by atoms with Crippen molar-refractivity contribution in [3.63, 3.8) is 0 Å². The number of rotatable bonds is 6. The summed E-state index contributed by atoms with van der Waals surface area (Å²) in [6.45, 7) is 6.62. The zero-order chi connectivity index (χ0) is 16.2. The molecule has 6 nitrogen and oxygen atoms in total. The number of aryl methyl sites for hydroxylation is 1. The molecule has 0 unspecified atom stereocenters. The summed E-state index contributed by atoms with van der Waals surface area (Å²) >= 11 is 0. The zero-order valence-electron chi connectivity index (χ0n) is 13.0. The largest absolute Gasteiger partial charge is 0.465 e. The summed E-state index contributed by atoms with van der Waals surface area (Å²) in [6.07, 6.45) is 0. The molecule has 0 fully saturated rings. The molecular weight excluding hydrogens is 270 g/mol. The number of hydrogen-bond donors (Lipinski definition) is 2. The van der Waals surface area contributed by atoms with Gasteiger partial charge >= 0.3 is 5.97 Å². The van der Waals surface area contributed by atoms with E-state index in [1.807, 2.05) is 31.7 Å². The number of carbonyl (C=O) groups is 2. The maximum absolute atomic E-state index is 11.8. The second kappa shape index (κ2) is 6.97. The van der Waals surface area contributed by atoms with Crippen LogP contribution >= 0.6 is 0 Å². The van der Waals surface area contributed by atoms with E-state index in [0.717, 1.165) is 11.3 Å². The van der Waals surface area contributed by atoms with E-state index < -0.39 is 11.9 Å². The lowest BCUT2D eigenvalue weighted by molar-refractivity contribution is -0.116. The van der Waals surface area contributed by atoms with Crippen molar-refractivity contribution in [2.75, 3.05) is 30.8 Å². The molecule has 6 heteroatoms. The maximum atomic E-state index is 11.8. The fraction of sp³-hybridized carbons (Fsp3) is 0.467. The number of anilines is 2. The predicted octanol–water partition coefficient (Wildman–Crippen LogP) is 1.31. The van der Waals surface area contributed by atoms with Crippen molar-refractivity contribution >= 4 is 23.3 Å². The molecular formula is C15H23N3O3. The molecule has 116 valence electrons. The minimum absolute atomic E-state index is 0.0855. The summed E-state index contributed by atoms with van der Waals surface area (Å²) in [5.41, 5.74) is 13.4. The van der Waals surface area contributed by atoms with E-state index in [1.54, 1.807) is 6.07 Å². The second-order valence-electron chi connectivity index (χ2n) is 5.46. The standard InChI is InChI=1S/C15H23N3O3/c1-9(2)7-18(8-13(16)19)11-5-10(3)14(17)12(6-11)15(20)21-4/h5-6,9H,7-8,17H2,1-4H3,(H2,16,19). The molecule has 1 amide bonds. The normalized spacial score (nSPS) is 10.5. The molecule has 0 atom stereocenters. The summed E-state index contributed by atoms with van der Waals surface area (Å²) in [7, 11) is 1.30. The van der Waals surface area contributed by atoms with Gasteiger partial charge in [-0.3, -0.25) is 4.79 Å². The van der Waals surface area contributed by atoms with E-state index in [-0.39, 0.29) is 6.54 Å². The van der Waals surface area contributed by atoms with Crippen LogP contribution in [0.15, 0.2) is 12.1 Å². The van der Waals surface area contributed by atoms with E-state index in [2.05, 4.69) is 0 Å². The number of nitrogens with two attached hydrogens (primary N) is 2. The molecule has 0 aliphatic carbocycles. The van der Waals surface area contributed by atoms with Crippen molar-refractivity contribution in [1.29, 1.82) is 0 Å². The van der Waals surface area contributed by atoms with Crippen LogP contribution in [0.3, 0.4) is 0 Å². The number of nitrogens with zero attached hydrogens (tertiary/aromatic N) is 1. The predicted molar refractivity (Wildman–Crippen MR) is 83.2 cm³/mol. The minimum atomic E-state index is -0.499. The Kier molecular flexibility index (Phi) is 5.58. The van der Waals surface area contributed by atoms with Crippen LogP contribution < -0.4 is 16.4 Å². The topological polar surface area (TPSA) is 98.6 Å². The number of methoxy groups -OCH3 is 1. The van der Waals surface area contributed by atoms with Crippen LogP contribution in [0, 0.1) is 12.8 Å². The van der Waals surface area contributed by atoms with Crippen LogP contribution in [0.4, 0.5) is 11.4 Å². The van der Waals surface area contributed by atoms with Gasteiger partial charge in [-0.25, -0.2) is 4.79 Å². The Hall–Kier alpha value is -2.24. The zero-order valence-corrected chi connectivity index (χ0v) is 13.0. The van der Waals surface area contributed by atoms with Gasteiger partial charge in [-0.1, -0.05) is 13.8 Å². The number of carbonyl (C=O) groups excluding carboxylic acids is 2. The highest BCUT2D eigenvalue weighted by atomic mass is 16.5. The van der Waals surface area contributed by atoms with Gasteiger partial charge in [0.25, 0.3) is 0 Å². The lowest BCUT2D eigenvalue weighted by Gasteiger charge is -2.26. The first-order valence-electron chi connectivity index (χ1n) is 6.78. The number of amides is 1. The highest BCUT2D eigenvalue weighted by Gasteiger charge is 2.18. The second-order valence-corrected chi connectivity index (χ2v) is 5.46. The molecule has 0 radical (unpaired) electrons. The van der Waals surface area contributed by atoms with Crippen LogP contribution in [-0.2, 0) is 9.53 Å². The van der Waals surface area contributed by atoms with E-state index in [9.17, 15) is 9.59 Å². The van der Waals surface area contributed by atoms with Crippen LogP contribution in [0.5, 0.6) is 0 Å². The summed E-state index contributed by atoms with van der Waals surface area (Å²) in [6, 6.07) is 3.48. The average molecular weight is 293 g/mol. The van der Waals surface area contributed by atoms with Crippen molar-refractivity contribution in [1.82, 2.24) is 0 Å². The van der Waals surface area contributed by atoms with Gasteiger partial charge in [-0.2, -0.15) is 0 Å². The van der Waals surface area contributed by atoms with Gasteiger partial charge in [0.1, 0.15) is 0 Å². The van der Waals surface area contributed by atoms with Crippen LogP contribution in [-0.4, -0.2) is 32.1 Å². The fourth-order valence-corrected chi connectivity index (χ4v) is 2.13. The number of nitrogen functional groups attached to an aromatic ring is 1. The lowest BCUT2D eigenvalue weighted by atomic mass is 10.1. The van der Waals surface area contributed by atoms with E-state index in [1.165, 1.54) is 7.11 Å². The van der Waals surface area contributed by atoms with Crippen molar-refractivity contribution in [2.45, 2.75) is 20.8 Å². The first-order valence-corrected chi connectivity index (χ1v) is 6.78. The van der Waals surface area contributed by atoms with Gasteiger partial charge in [0.15, 0.2) is 0 Å². The third kappa shape index (κ3) is 4.37. The lowest BCUT2D eigenvalue weighted by Crippen LogP contribution is -2.36. The average Bonchev–Trinajstić information content (AvgIpc) is 2.39. The Balaban J connectivity index is 3.27. The molecule has 0 bridgehead atoms. The molecule has 0 spiro atoms. The molecule has 0 aliphatic rings. The third-order valence-corrected chi connectivity index (χ3v) is 3.07. The molecule has 0 aliphatic heterocycles. The summed E-state index contributed by atoms with van der Waals surface area (Å²) in [4.78, 5) is 24.9. The molecule has 1 aromatic rings. The number of primary amides is 1. The van der Waals surface area contributed by atoms with Gasteiger partial charge in [-0.15, -0.1) is 0 Å². The van der Waals surface area contributed by atoms with Gasteiger partial charge in [0.2, 0.25) is 5.91 Å². The summed E-state index contributed by atoms with van der Waals surface area (Å²) in [5, 5.41) is 0. The van der Waals surface area contributed by atoms with Gasteiger partial charge in [0.05, 0.1) is 19.2 Å². The van der Waals surface area contributed by atoms with E-state index in [0.29, 0.717) is 23.7 Å². The van der Waals surface area contributed by atoms with Crippen molar-refractivity contribution in [3.8, 4) is 0 Å². The molecule has 1 rings (SSSR count). The highest BCUT2D eigenvalue weighted by molar-refractivity contribution is 5.97. The SMILES string of the molecule is COC(=O)c1cc(N(CC(N)=O)CC(C)C)cc(C)c1N. The smallest absolute Gasteiger partial charge is 0.340 e. The van der Waals surface area contributed by atoms with Crippen LogP contribution in [0.2, 0.25) is 0 Å². The van der Waals surface area contributed by atoms with Crippen LogP contribution in [0.1, 0.15) is 29.8 Å². The first kappa shape index (κ1) is 16.8. The van der Waals surface area contributed by atoms with Gasteiger partial charge in [-0.05, 0) is 30.5 Å². The number of esters is 1. The van der Waals surface area contributed by atoms with Crippen molar-refractivity contribution in [2.24, 2.45) is 11.7 Å². The maximum Gasteiger partial charge on any atom is 0.340 e.